The van der Waals surface area contributed by atoms with Crippen molar-refractivity contribution in [3.63, 3.8) is 0 Å². The summed E-state index contributed by atoms with van der Waals surface area (Å²) >= 11 is 5.78. The lowest BCUT2D eigenvalue weighted by Crippen LogP contribution is -2.49. The molecule has 0 unspecified atom stereocenters. The SMILES string of the molecule is C[C@H](Oc1ccc(Cl)cc1)C1CNC1. The fraction of sp³-hybridized carbons (Fsp3) is 0.455. The molecule has 1 aromatic rings. The summed E-state index contributed by atoms with van der Waals surface area (Å²) in [6, 6.07) is 7.51. The number of hydrogen-bond donors (Lipinski definition) is 1. The highest BCUT2D eigenvalue weighted by Crippen LogP contribution is 2.20. The highest BCUT2D eigenvalue weighted by molar-refractivity contribution is 6.30. The van der Waals surface area contributed by atoms with Crippen LogP contribution in [-0.2, 0) is 0 Å². The Bertz CT molecular complexity index is 295. The van der Waals surface area contributed by atoms with Gasteiger partial charge in [0.1, 0.15) is 11.9 Å². The van der Waals surface area contributed by atoms with E-state index in [4.69, 9.17) is 16.3 Å². The molecule has 1 N–H and O–H groups in total. The van der Waals surface area contributed by atoms with E-state index < -0.39 is 0 Å². The number of nitrogens with one attached hydrogen (secondary N) is 1. The summed E-state index contributed by atoms with van der Waals surface area (Å²) in [5.74, 6) is 1.54. The average molecular weight is 212 g/mol. The zero-order valence-electron chi connectivity index (χ0n) is 8.16. The van der Waals surface area contributed by atoms with Gasteiger partial charge < -0.3 is 10.1 Å². The predicted octanol–water partition coefficient (Wildman–Crippen LogP) is 2.33. The normalized spacial score (nSPS) is 18.7. The number of ether oxygens (including phenoxy) is 1. The van der Waals surface area contributed by atoms with E-state index in [0.29, 0.717) is 5.92 Å². The molecule has 1 atom stereocenters. The molecule has 0 radical (unpaired) electrons. The molecule has 2 rings (SSSR count). The van der Waals surface area contributed by atoms with Gasteiger partial charge in [0.25, 0.3) is 0 Å². The number of halogens is 1. The van der Waals surface area contributed by atoms with Crippen molar-refractivity contribution < 1.29 is 4.74 Å². The minimum absolute atomic E-state index is 0.275. The Morgan fingerprint density at radius 2 is 2.00 bits per heavy atom. The minimum Gasteiger partial charge on any atom is -0.490 e. The summed E-state index contributed by atoms with van der Waals surface area (Å²) < 4.78 is 5.77. The van der Waals surface area contributed by atoms with Crippen LogP contribution in [0, 0.1) is 5.92 Å². The highest BCUT2D eigenvalue weighted by Gasteiger charge is 2.24. The number of hydrogen-bond acceptors (Lipinski definition) is 2. The van der Waals surface area contributed by atoms with Crippen molar-refractivity contribution in [1.29, 1.82) is 0 Å². The molecular formula is C11H14ClNO. The quantitative estimate of drug-likeness (QED) is 0.829. The second-order valence-electron chi connectivity index (χ2n) is 3.70. The first-order valence-electron chi connectivity index (χ1n) is 4.88. The van der Waals surface area contributed by atoms with E-state index in [1.165, 1.54) is 0 Å². The van der Waals surface area contributed by atoms with Crippen LogP contribution in [0.25, 0.3) is 0 Å². The Hall–Kier alpha value is -0.730. The molecular weight excluding hydrogens is 198 g/mol. The summed E-state index contributed by atoms with van der Waals surface area (Å²) in [6.45, 7) is 4.24. The first-order valence-corrected chi connectivity index (χ1v) is 5.26. The van der Waals surface area contributed by atoms with Gasteiger partial charge in [-0.25, -0.2) is 0 Å². The van der Waals surface area contributed by atoms with Crippen molar-refractivity contribution in [2.45, 2.75) is 13.0 Å². The van der Waals surface area contributed by atoms with Crippen LogP contribution in [0.5, 0.6) is 5.75 Å². The molecule has 1 heterocycles. The summed E-state index contributed by atoms with van der Waals surface area (Å²) in [4.78, 5) is 0. The summed E-state index contributed by atoms with van der Waals surface area (Å²) in [5, 5.41) is 3.98. The average Bonchev–Trinajstić information content (AvgIpc) is 2.06. The highest BCUT2D eigenvalue weighted by atomic mass is 35.5. The molecule has 14 heavy (non-hydrogen) atoms. The fourth-order valence-corrected chi connectivity index (χ4v) is 1.59. The van der Waals surface area contributed by atoms with Gasteiger partial charge in [-0.2, -0.15) is 0 Å². The molecule has 0 bridgehead atoms. The molecule has 0 amide bonds. The maximum atomic E-state index is 5.78. The second-order valence-corrected chi connectivity index (χ2v) is 4.13. The van der Waals surface area contributed by atoms with Crippen LogP contribution in [0.3, 0.4) is 0 Å². The topological polar surface area (TPSA) is 21.3 Å². The standard InChI is InChI=1S/C11H14ClNO/c1-8(9-6-13-7-9)14-11-4-2-10(12)3-5-11/h2-5,8-9,13H,6-7H2,1H3/t8-/m0/s1. The van der Waals surface area contributed by atoms with Crippen molar-refractivity contribution in [2.24, 2.45) is 5.92 Å². The largest absolute Gasteiger partial charge is 0.490 e. The molecule has 0 spiro atoms. The zero-order valence-corrected chi connectivity index (χ0v) is 8.92. The van der Waals surface area contributed by atoms with Gasteiger partial charge in [0.2, 0.25) is 0 Å². The van der Waals surface area contributed by atoms with Gasteiger partial charge in [-0.3, -0.25) is 0 Å². The summed E-state index contributed by atoms with van der Waals surface area (Å²) in [7, 11) is 0. The lowest BCUT2D eigenvalue weighted by molar-refractivity contribution is 0.115. The van der Waals surface area contributed by atoms with Crippen LogP contribution in [0.15, 0.2) is 24.3 Å². The molecule has 2 nitrogen and oxygen atoms in total. The first kappa shape index (κ1) is 9.81. The first-order chi connectivity index (χ1) is 6.75. The maximum absolute atomic E-state index is 5.78. The number of rotatable bonds is 3. The number of benzene rings is 1. The lowest BCUT2D eigenvalue weighted by atomic mass is 9.98. The van der Waals surface area contributed by atoms with E-state index in [1.807, 2.05) is 24.3 Å². The predicted molar refractivity (Wildman–Crippen MR) is 57.9 cm³/mol. The van der Waals surface area contributed by atoms with Gasteiger partial charge in [-0.05, 0) is 31.2 Å². The summed E-state index contributed by atoms with van der Waals surface area (Å²) in [6.07, 6.45) is 0.275. The third-order valence-corrected chi connectivity index (χ3v) is 2.86. The molecule has 1 aliphatic rings. The summed E-state index contributed by atoms with van der Waals surface area (Å²) in [5.41, 5.74) is 0. The second kappa shape index (κ2) is 4.20. The van der Waals surface area contributed by atoms with Gasteiger partial charge >= 0.3 is 0 Å². The molecule has 0 aliphatic carbocycles. The Kier molecular flexibility index (Phi) is 2.94. The van der Waals surface area contributed by atoms with Crippen LogP contribution in [0.4, 0.5) is 0 Å². The maximum Gasteiger partial charge on any atom is 0.119 e. The van der Waals surface area contributed by atoms with Gasteiger partial charge in [0.15, 0.2) is 0 Å². The molecule has 0 saturated carbocycles. The van der Waals surface area contributed by atoms with Crippen LogP contribution in [-0.4, -0.2) is 19.2 Å². The van der Waals surface area contributed by atoms with E-state index in [9.17, 15) is 0 Å². The zero-order chi connectivity index (χ0) is 9.97. The molecule has 1 aliphatic heterocycles. The Balaban J connectivity index is 1.92. The third-order valence-electron chi connectivity index (χ3n) is 2.61. The smallest absolute Gasteiger partial charge is 0.119 e. The van der Waals surface area contributed by atoms with E-state index in [-0.39, 0.29) is 6.10 Å². The van der Waals surface area contributed by atoms with Crippen molar-refractivity contribution in [2.75, 3.05) is 13.1 Å². The molecule has 1 aromatic carbocycles. The van der Waals surface area contributed by atoms with Crippen LogP contribution >= 0.6 is 11.6 Å². The Labute approximate surface area is 89.2 Å². The monoisotopic (exact) mass is 211 g/mol. The van der Waals surface area contributed by atoms with Crippen LogP contribution < -0.4 is 10.1 Å². The molecule has 3 heteroatoms. The van der Waals surface area contributed by atoms with Gasteiger partial charge in [-0.1, -0.05) is 11.6 Å². The van der Waals surface area contributed by atoms with E-state index in [0.717, 1.165) is 23.9 Å². The van der Waals surface area contributed by atoms with Gasteiger partial charge in [-0.15, -0.1) is 0 Å². The van der Waals surface area contributed by atoms with Gasteiger partial charge in [0, 0.05) is 24.0 Å². The van der Waals surface area contributed by atoms with Crippen molar-refractivity contribution >= 4 is 11.6 Å². The minimum atomic E-state index is 0.275. The third kappa shape index (κ3) is 2.20. The fourth-order valence-electron chi connectivity index (χ4n) is 1.47. The van der Waals surface area contributed by atoms with E-state index in [2.05, 4.69) is 12.2 Å². The molecule has 1 fully saturated rings. The molecule has 0 aromatic heterocycles. The molecule has 76 valence electrons. The van der Waals surface area contributed by atoms with Crippen LogP contribution in [0.1, 0.15) is 6.92 Å². The van der Waals surface area contributed by atoms with E-state index >= 15 is 0 Å². The van der Waals surface area contributed by atoms with Crippen molar-refractivity contribution in [1.82, 2.24) is 5.32 Å². The van der Waals surface area contributed by atoms with Crippen LogP contribution in [0.2, 0.25) is 5.02 Å². The Morgan fingerprint density at radius 3 is 2.50 bits per heavy atom. The van der Waals surface area contributed by atoms with Crippen molar-refractivity contribution in [3.05, 3.63) is 29.3 Å². The Morgan fingerprint density at radius 1 is 1.36 bits per heavy atom. The molecule has 1 saturated heterocycles. The van der Waals surface area contributed by atoms with Gasteiger partial charge in [0.05, 0.1) is 0 Å². The van der Waals surface area contributed by atoms with E-state index in [1.54, 1.807) is 0 Å². The lowest BCUT2D eigenvalue weighted by Gasteiger charge is -2.32. The van der Waals surface area contributed by atoms with Crippen molar-refractivity contribution in [3.8, 4) is 5.75 Å².